The normalized spacial score (nSPS) is 14.9. The van der Waals surface area contributed by atoms with Crippen LogP contribution in [0.2, 0.25) is 0 Å². The van der Waals surface area contributed by atoms with Crippen molar-refractivity contribution in [2.45, 2.75) is 59.7 Å². The van der Waals surface area contributed by atoms with Crippen molar-refractivity contribution in [3.05, 3.63) is 303 Å². The highest BCUT2D eigenvalue weighted by Crippen LogP contribution is 2.30. The first kappa shape index (κ1) is 96.2. The molecule has 5 fully saturated rings. The monoisotopic (exact) mass is 1880 g/mol. The molecule has 1 atom stereocenters. The molecule has 0 saturated carbocycles. The van der Waals surface area contributed by atoms with Crippen molar-refractivity contribution in [1.82, 2.24) is 121 Å². The van der Waals surface area contributed by atoms with Crippen LogP contribution in [0.5, 0.6) is 0 Å². The number of anilines is 14. The van der Waals surface area contributed by atoms with Crippen molar-refractivity contribution in [3.63, 3.8) is 0 Å². The summed E-state index contributed by atoms with van der Waals surface area (Å²) in [5, 5.41) is 61.9. The number of ether oxygens (including phenoxy) is 2. The van der Waals surface area contributed by atoms with Gasteiger partial charge in [-0.25, -0.2) is 54.6 Å². The first-order valence-corrected chi connectivity index (χ1v) is 46.3. The number of aromatic nitrogens is 20. The van der Waals surface area contributed by atoms with E-state index in [-0.39, 0.29) is 24.1 Å². The number of nitrogens with one attached hydrogen (secondary N) is 13. The van der Waals surface area contributed by atoms with Gasteiger partial charge in [0.2, 0.25) is 5.91 Å². The number of hydrogen-bond acceptors (Lipinski definition) is 31. The lowest BCUT2D eigenvalue weighted by atomic mass is 10.1. The van der Waals surface area contributed by atoms with Crippen LogP contribution < -0.4 is 63.0 Å². The van der Waals surface area contributed by atoms with Gasteiger partial charge in [-0.15, -0.1) is 0 Å². The van der Waals surface area contributed by atoms with Crippen molar-refractivity contribution in [3.8, 4) is 0 Å². The maximum absolute atomic E-state index is 11.8. The number of benzene rings is 5. The van der Waals surface area contributed by atoms with E-state index in [4.69, 9.17) is 25.2 Å². The Morgan fingerprint density at radius 1 is 0.357 bits per heavy atom. The highest BCUT2D eigenvalue weighted by atomic mass is 16.5. The molecule has 2 amide bonds. The SMILES string of the molecule is CC(=O)N1CCN(c2cc(Nc3cc(C)[nH]n3)nc(/C=C/c3ccccc3)n2)CC1.COC(=O)N1CCN(c2cc(Nc3cc(C)[nH]n3)nc(/C=C/c3ccccc3)n2)CC1.Cc1cc(Nc2cc(C3CNCCO3)nc(/C=C/c3ccccc3)n2)n[nH]1.Cc1cc(Nc2cc(N3CC(N)C3)nc(/C=C/c3ccccc3)n2)n[nH]1.Cc1cc(Nc2cc(NC3CNC3)nc(/C=C/c3ccccc3)n2)n[nH]1. The summed E-state index contributed by atoms with van der Waals surface area (Å²) < 4.78 is 10.7. The van der Waals surface area contributed by atoms with Gasteiger partial charge in [-0.2, -0.15) is 25.5 Å². The largest absolute Gasteiger partial charge is 0.453 e. The molecule has 15 heterocycles. The molecule has 140 heavy (non-hydrogen) atoms. The van der Waals surface area contributed by atoms with Gasteiger partial charge in [-0.05, 0) is 92.8 Å². The summed E-state index contributed by atoms with van der Waals surface area (Å²) in [6.45, 7) is 22.5. The summed E-state index contributed by atoms with van der Waals surface area (Å²) in [6.07, 6.45) is 19.1. The Kier molecular flexibility index (Phi) is 33.0. The quantitative estimate of drug-likeness (QED) is 0.0239. The predicted molar refractivity (Wildman–Crippen MR) is 553 cm³/mol. The zero-order chi connectivity index (χ0) is 96.7. The summed E-state index contributed by atoms with van der Waals surface area (Å²) in [5.41, 5.74) is 17.1. The van der Waals surface area contributed by atoms with E-state index >= 15 is 0 Å². The minimum absolute atomic E-state index is 0.0907. The minimum Gasteiger partial charge on any atom is -0.453 e. The number of aryl methyl sites for hydroxylation is 5. The van der Waals surface area contributed by atoms with Gasteiger partial charge in [0.1, 0.15) is 58.5 Å². The summed E-state index contributed by atoms with van der Waals surface area (Å²) >= 11 is 0. The minimum atomic E-state index is -0.301. The molecule has 5 aliphatic rings. The maximum Gasteiger partial charge on any atom is 0.409 e. The number of rotatable bonds is 26. The van der Waals surface area contributed by atoms with Gasteiger partial charge in [0, 0.05) is 194 Å². The van der Waals surface area contributed by atoms with Crippen LogP contribution in [0.25, 0.3) is 60.8 Å². The number of nitrogens with two attached hydrogens (primary N) is 1. The van der Waals surface area contributed by atoms with Crippen LogP contribution in [0.4, 0.5) is 86.2 Å². The molecule has 5 saturated heterocycles. The van der Waals surface area contributed by atoms with E-state index in [1.165, 1.54) is 7.11 Å². The summed E-state index contributed by atoms with van der Waals surface area (Å²) in [4.78, 5) is 79.9. The molecule has 716 valence electrons. The van der Waals surface area contributed by atoms with Gasteiger partial charge in [-0.1, -0.05) is 182 Å². The van der Waals surface area contributed by atoms with E-state index in [2.05, 4.69) is 148 Å². The molecule has 0 aliphatic carbocycles. The van der Waals surface area contributed by atoms with Gasteiger partial charge in [0.05, 0.1) is 25.5 Å². The Morgan fingerprint density at radius 3 is 0.971 bits per heavy atom. The Balaban J connectivity index is 0.000000126. The van der Waals surface area contributed by atoms with Crippen LogP contribution in [-0.4, -0.2) is 240 Å². The summed E-state index contributed by atoms with van der Waals surface area (Å²) in [5.74, 6) is 13.5. The first-order chi connectivity index (χ1) is 68.3. The fourth-order valence-electron chi connectivity index (χ4n) is 15.0. The van der Waals surface area contributed by atoms with E-state index in [9.17, 15) is 9.59 Å². The smallest absolute Gasteiger partial charge is 0.409 e. The number of hydrogen-bond donors (Lipinski definition) is 14. The van der Waals surface area contributed by atoms with Gasteiger partial charge in [0.15, 0.2) is 58.2 Å². The molecule has 38 heteroatoms. The van der Waals surface area contributed by atoms with Gasteiger partial charge in [0.25, 0.3) is 0 Å². The molecule has 5 aliphatic heterocycles. The lowest BCUT2D eigenvalue weighted by molar-refractivity contribution is -0.129. The van der Waals surface area contributed by atoms with Gasteiger partial charge < -0.3 is 82.2 Å². The third-order valence-electron chi connectivity index (χ3n) is 22.3. The first-order valence-electron chi connectivity index (χ1n) is 46.3. The number of carbonyl (C=O) groups excluding carboxylic acids is 2. The average molecular weight is 1880 g/mol. The summed E-state index contributed by atoms with van der Waals surface area (Å²) in [6, 6.07) is 70.2. The Morgan fingerprint density at radius 2 is 0.671 bits per heavy atom. The van der Waals surface area contributed by atoms with Crippen molar-refractivity contribution in [1.29, 1.82) is 0 Å². The van der Waals surface area contributed by atoms with E-state index in [1.54, 1.807) is 11.8 Å². The molecule has 1 unspecified atom stereocenters. The lowest BCUT2D eigenvalue weighted by Gasteiger charge is -2.37. The molecule has 0 bridgehead atoms. The van der Waals surface area contributed by atoms with Crippen molar-refractivity contribution < 1.29 is 19.1 Å². The van der Waals surface area contributed by atoms with Gasteiger partial charge >= 0.3 is 6.09 Å². The van der Waals surface area contributed by atoms with Crippen LogP contribution in [0, 0.1) is 34.6 Å². The standard InChI is InChI=1S/C22H25N7O2.C22H25N7O.C20H22N6O.2C19H21N7/c1-16-14-20(27-26-16)24-19-15-21(28-10-12-29(13-11-28)22(30)31-2)25-18(23-19)9-8-17-6-4-3-5-7-17;1-16-14-21(27-26-16)24-20-15-22(29-12-10-28(11-13-29)17(2)30)25-19(23-20)9-8-18-6-4-3-5-7-18;1-14-11-20(26-25-14)24-19-12-16(17-13-21-9-10-27-17)22-18(23-19)8-7-15-5-3-2-4-6-15;1-13-9-19(26-25-13)24-18-10-17(21-15-11-20-12-15)22-16(23-18)8-7-14-5-3-2-4-6-14;1-13-9-18(25-24-13)22-17-10-19(26-11-15(20)12-26)23-16(21-17)8-7-14-5-3-2-4-6-14/h3-9,14-15H,10-13H2,1-2H3,(H2,23,24,25,26,27);3-9,14-15H,10-13H2,1-2H3,(H2,23,24,25,26,27);2-8,11-12,17,21H,9-10,13H2,1H3,(H2,22,23,24,25,26);2-10,15,20H,11-12H2,1H3,(H3,21,22,23,24,25,26);2-10,15H,11-12,20H2,1H3,(H2,21,22,23,24,25)/b2*9-8+;3*8-7+. The van der Waals surface area contributed by atoms with Crippen molar-refractivity contribution in [2.75, 3.05) is 152 Å². The maximum atomic E-state index is 11.8. The highest BCUT2D eigenvalue weighted by Gasteiger charge is 2.28. The fourth-order valence-corrected chi connectivity index (χ4v) is 15.0. The second-order valence-electron chi connectivity index (χ2n) is 33.6. The number of piperazine rings is 2. The second-order valence-corrected chi connectivity index (χ2v) is 33.6. The molecule has 20 rings (SSSR count). The molecule has 38 nitrogen and oxygen atoms in total. The molecule has 15 aromatic rings. The predicted octanol–water partition coefficient (Wildman–Crippen LogP) is 14.9. The molecule has 0 radical (unpaired) electrons. The third-order valence-corrected chi connectivity index (χ3v) is 22.3. The zero-order valence-corrected chi connectivity index (χ0v) is 79.0. The molecule has 15 N–H and O–H groups in total. The molecule has 10 aromatic heterocycles. The fraction of sp³-hybridized carbons (Fsp3) is 0.245. The molecular formula is C102H114N34O4. The number of carbonyl (C=O) groups is 2. The summed E-state index contributed by atoms with van der Waals surface area (Å²) in [7, 11) is 1.40. The zero-order valence-electron chi connectivity index (χ0n) is 79.0. The Labute approximate surface area is 811 Å². The topological polar surface area (TPSA) is 463 Å². The number of nitrogens with zero attached hydrogens (tertiary/aromatic N) is 20. The van der Waals surface area contributed by atoms with Crippen molar-refractivity contribution in [2.24, 2.45) is 5.73 Å². The van der Waals surface area contributed by atoms with Crippen LogP contribution in [0.3, 0.4) is 0 Å². The second kappa shape index (κ2) is 48.0. The van der Waals surface area contributed by atoms with Crippen LogP contribution in [0.15, 0.2) is 212 Å². The van der Waals surface area contributed by atoms with E-state index < -0.39 is 0 Å². The number of amides is 2. The Bertz CT molecular complexity index is 6670. The van der Waals surface area contributed by atoms with Crippen LogP contribution in [-0.2, 0) is 14.3 Å². The number of morpholine rings is 1. The molecule has 0 spiro atoms. The van der Waals surface area contributed by atoms with Crippen LogP contribution >= 0.6 is 0 Å². The molecule has 5 aromatic carbocycles. The van der Waals surface area contributed by atoms with Crippen LogP contribution in [0.1, 0.15) is 104 Å². The van der Waals surface area contributed by atoms with Crippen molar-refractivity contribution >= 4 is 154 Å². The highest BCUT2D eigenvalue weighted by molar-refractivity contribution is 5.76. The van der Waals surface area contributed by atoms with Gasteiger partial charge in [-0.3, -0.25) is 30.3 Å². The molecular weight excluding hydrogens is 1770 g/mol. The Hall–Kier alpha value is -17.0. The average Bonchev–Trinajstić information content (AvgIpc) is 1.03. The van der Waals surface area contributed by atoms with E-state index in [0.29, 0.717) is 122 Å². The van der Waals surface area contributed by atoms with E-state index in [1.807, 2.05) is 313 Å². The lowest BCUT2D eigenvalue weighted by Crippen LogP contribution is -2.56. The number of methoxy groups -OCH3 is 1. The number of aromatic amines is 5. The third kappa shape index (κ3) is 29.0. The van der Waals surface area contributed by atoms with E-state index in [0.717, 1.165) is 155 Å². The number of H-pyrrole nitrogens is 5.